The van der Waals surface area contributed by atoms with Crippen LogP contribution in [0.15, 0.2) is 67.0 Å². The SMILES string of the molecule is C[C@H](CCCc1cccnc1)NC(=O)CCC=C(c1ccc(Cl)c(Cl)c1)c1ccc(Cl)c(Cl)c1. The molecule has 1 N–H and O–H groups in total. The summed E-state index contributed by atoms with van der Waals surface area (Å²) in [4.78, 5) is 16.6. The van der Waals surface area contributed by atoms with Crippen LogP contribution in [0.2, 0.25) is 20.1 Å². The molecule has 178 valence electrons. The Bertz CT molecular complexity index is 1100. The molecular formula is C27H26Cl4N2O. The number of allylic oxidation sites excluding steroid dienone is 1. The van der Waals surface area contributed by atoms with Crippen LogP contribution in [-0.2, 0) is 11.2 Å². The van der Waals surface area contributed by atoms with Crippen LogP contribution >= 0.6 is 46.4 Å². The van der Waals surface area contributed by atoms with E-state index in [1.165, 1.54) is 5.56 Å². The lowest BCUT2D eigenvalue weighted by Gasteiger charge is -2.14. The number of carbonyl (C=O) groups is 1. The summed E-state index contributed by atoms with van der Waals surface area (Å²) < 4.78 is 0. The van der Waals surface area contributed by atoms with Crippen molar-refractivity contribution in [2.45, 2.75) is 45.1 Å². The van der Waals surface area contributed by atoms with Gasteiger partial charge in [-0.15, -0.1) is 0 Å². The van der Waals surface area contributed by atoms with E-state index >= 15 is 0 Å². The highest BCUT2D eigenvalue weighted by atomic mass is 35.5. The third kappa shape index (κ3) is 8.02. The Hall–Kier alpha value is -2.04. The van der Waals surface area contributed by atoms with Gasteiger partial charge in [0.15, 0.2) is 0 Å². The second-order valence-corrected chi connectivity index (χ2v) is 9.77. The second kappa shape index (κ2) is 13.2. The lowest BCUT2D eigenvalue weighted by atomic mass is 9.96. The predicted octanol–water partition coefficient (Wildman–Crippen LogP) is 8.43. The van der Waals surface area contributed by atoms with Gasteiger partial charge in [-0.25, -0.2) is 0 Å². The number of aromatic nitrogens is 1. The highest BCUT2D eigenvalue weighted by molar-refractivity contribution is 6.42. The van der Waals surface area contributed by atoms with E-state index in [0.29, 0.717) is 32.9 Å². The number of pyridine rings is 1. The van der Waals surface area contributed by atoms with Gasteiger partial charge in [-0.2, -0.15) is 0 Å². The van der Waals surface area contributed by atoms with Crippen molar-refractivity contribution in [2.24, 2.45) is 0 Å². The molecule has 3 rings (SSSR count). The van der Waals surface area contributed by atoms with Crippen molar-refractivity contribution in [1.82, 2.24) is 10.3 Å². The van der Waals surface area contributed by atoms with Crippen LogP contribution < -0.4 is 5.32 Å². The van der Waals surface area contributed by atoms with Crippen LogP contribution in [0.25, 0.3) is 5.57 Å². The number of nitrogens with one attached hydrogen (secondary N) is 1. The summed E-state index contributed by atoms with van der Waals surface area (Å²) >= 11 is 24.7. The molecule has 0 bridgehead atoms. The average molecular weight is 536 g/mol. The number of nitrogens with zero attached hydrogens (tertiary/aromatic N) is 1. The summed E-state index contributed by atoms with van der Waals surface area (Å²) in [7, 11) is 0. The Morgan fingerprint density at radius 1 is 0.971 bits per heavy atom. The fourth-order valence-electron chi connectivity index (χ4n) is 3.65. The molecule has 0 fully saturated rings. The minimum Gasteiger partial charge on any atom is -0.354 e. The molecule has 0 unspecified atom stereocenters. The molecule has 1 amide bonds. The maximum atomic E-state index is 12.5. The first-order valence-corrected chi connectivity index (χ1v) is 12.6. The zero-order valence-corrected chi connectivity index (χ0v) is 21.9. The van der Waals surface area contributed by atoms with Crippen molar-refractivity contribution >= 4 is 57.9 Å². The highest BCUT2D eigenvalue weighted by Gasteiger charge is 2.11. The Morgan fingerprint density at radius 2 is 1.62 bits per heavy atom. The molecule has 34 heavy (non-hydrogen) atoms. The Balaban J connectivity index is 1.61. The van der Waals surface area contributed by atoms with Crippen molar-refractivity contribution in [3.8, 4) is 0 Å². The van der Waals surface area contributed by atoms with Crippen LogP contribution in [0.4, 0.5) is 0 Å². The summed E-state index contributed by atoms with van der Waals surface area (Å²) in [6.07, 6.45) is 9.46. The van der Waals surface area contributed by atoms with Gasteiger partial charge in [0.1, 0.15) is 0 Å². The third-order valence-electron chi connectivity index (χ3n) is 5.41. The molecule has 7 heteroatoms. The molecule has 3 nitrogen and oxygen atoms in total. The highest BCUT2D eigenvalue weighted by Crippen LogP contribution is 2.33. The van der Waals surface area contributed by atoms with Crippen LogP contribution in [-0.4, -0.2) is 16.9 Å². The zero-order chi connectivity index (χ0) is 24.5. The summed E-state index contributed by atoms with van der Waals surface area (Å²) in [6, 6.07) is 15.0. The van der Waals surface area contributed by atoms with Crippen LogP contribution in [0.1, 0.15) is 49.3 Å². The van der Waals surface area contributed by atoms with Gasteiger partial charge in [0.05, 0.1) is 20.1 Å². The van der Waals surface area contributed by atoms with Gasteiger partial charge in [-0.3, -0.25) is 9.78 Å². The van der Waals surface area contributed by atoms with E-state index in [1.807, 2.05) is 49.5 Å². The quantitative estimate of drug-likeness (QED) is 0.283. The van der Waals surface area contributed by atoms with Gasteiger partial charge in [0, 0.05) is 24.9 Å². The minimum atomic E-state index is 0.0211. The largest absolute Gasteiger partial charge is 0.354 e. The fraction of sp³-hybridized carbons (Fsp3) is 0.259. The maximum absolute atomic E-state index is 12.5. The zero-order valence-electron chi connectivity index (χ0n) is 18.8. The van der Waals surface area contributed by atoms with Gasteiger partial charge in [-0.1, -0.05) is 70.7 Å². The molecule has 1 aromatic heterocycles. The molecule has 0 saturated carbocycles. The van der Waals surface area contributed by atoms with Crippen molar-refractivity contribution in [1.29, 1.82) is 0 Å². The van der Waals surface area contributed by atoms with Crippen LogP contribution in [0.5, 0.6) is 0 Å². The first kappa shape index (κ1) is 26.6. The average Bonchev–Trinajstić information content (AvgIpc) is 2.81. The minimum absolute atomic E-state index is 0.0211. The first-order valence-electron chi connectivity index (χ1n) is 11.1. The number of hydrogen-bond donors (Lipinski definition) is 1. The molecule has 0 aliphatic carbocycles. The first-order chi connectivity index (χ1) is 16.3. The van der Waals surface area contributed by atoms with Crippen molar-refractivity contribution in [3.63, 3.8) is 0 Å². The Kier molecular flexibility index (Phi) is 10.3. The molecule has 0 aliphatic heterocycles. The van der Waals surface area contributed by atoms with E-state index in [9.17, 15) is 4.79 Å². The molecule has 2 aromatic carbocycles. The van der Waals surface area contributed by atoms with Crippen molar-refractivity contribution < 1.29 is 4.79 Å². The van der Waals surface area contributed by atoms with Gasteiger partial charge in [0.2, 0.25) is 5.91 Å². The maximum Gasteiger partial charge on any atom is 0.220 e. The third-order valence-corrected chi connectivity index (χ3v) is 6.89. The van der Waals surface area contributed by atoms with Gasteiger partial charge < -0.3 is 5.32 Å². The standard InChI is InChI=1S/C27H26Cl4N2O/c1-18(5-2-6-19-7-4-14-32-17-19)33-27(34)9-3-8-22(20-10-12-23(28)25(30)15-20)21-11-13-24(29)26(31)16-21/h4,7-8,10-18H,2-3,5-6,9H2,1H3,(H,33,34)/t18-/m1/s1. The van der Waals surface area contributed by atoms with Gasteiger partial charge in [-0.05, 0) is 85.2 Å². The number of hydrogen-bond acceptors (Lipinski definition) is 2. The number of benzene rings is 2. The molecule has 0 aliphatic rings. The Labute approximate surface area is 221 Å². The van der Waals surface area contributed by atoms with Crippen molar-refractivity contribution in [2.75, 3.05) is 0 Å². The van der Waals surface area contributed by atoms with E-state index in [4.69, 9.17) is 46.4 Å². The number of amides is 1. The predicted molar refractivity (Wildman–Crippen MR) is 144 cm³/mol. The van der Waals surface area contributed by atoms with E-state index in [0.717, 1.165) is 36.0 Å². The van der Waals surface area contributed by atoms with E-state index in [2.05, 4.69) is 16.4 Å². The molecule has 1 heterocycles. The van der Waals surface area contributed by atoms with E-state index in [-0.39, 0.29) is 11.9 Å². The number of halogens is 4. The molecular weight excluding hydrogens is 510 g/mol. The fourth-order valence-corrected chi connectivity index (χ4v) is 4.25. The summed E-state index contributed by atoms with van der Waals surface area (Å²) in [5, 5.41) is 4.98. The number of aryl methyl sites for hydroxylation is 1. The summed E-state index contributed by atoms with van der Waals surface area (Å²) in [6.45, 7) is 2.04. The molecule has 0 saturated heterocycles. The second-order valence-electron chi connectivity index (χ2n) is 8.14. The summed E-state index contributed by atoms with van der Waals surface area (Å²) in [5.74, 6) is 0.0211. The van der Waals surface area contributed by atoms with E-state index in [1.54, 1.807) is 18.3 Å². The number of carbonyl (C=O) groups excluding carboxylic acids is 1. The molecule has 3 aromatic rings. The smallest absolute Gasteiger partial charge is 0.220 e. The Morgan fingerprint density at radius 3 is 2.18 bits per heavy atom. The molecule has 1 atom stereocenters. The van der Waals surface area contributed by atoms with Crippen molar-refractivity contribution in [3.05, 3.63) is 104 Å². The van der Waals surface area contributed by atoms with Gasteiger partial charge >= 0.3 is 0 Å². The lowest BCUT2D eigenvalue weighted by molar-refractivity contribution is -0.121. The molecule has 0 spiro atoms. The van der Waals surface area contributed by atoms with Crippen LogP contribution in [0, 0.1) is 0 Å². The van der Waals surface area contributed by atoms with Gasteiger partial charge in [0.25, 0.3) is 0 Å². The molecule has 0 radical (unpaired) electrons. The lowest BCUT2D eigenvalue weighted by Crippen LogP contribution is -2.32. The topological polar surface area (TPSA) is 42.0 Å². The van der Waals surface area contributed by atoms with E-state index < -0.39 is 0 Å². The van der Waals surface area contributed by atoms with Crippen LogP contribution in [0.3, 0.4) is 0 Å². The monoisotopic (exact) mass is 534 g/mol. The number of rotatable bonds is 10. The normalized spacial score (nSPS) is 11.7. The summed E-state index contributed by atoms with van der Waals surface area (Å²) in [5.41, 5.74) is 3.90.